The molecule has 1 fully saturated rings. The van der Waals surface area contributed by atoms with Gasteiger partial charge in [-0.1, -0.05) is 36.8 Å². The normalized spacial score (nSPS) is 21.0. The lowest BCUT2D eigenvalue weighted by Gasteiger charge is -2.39. The Labute approximate surface area is 172 Å². The zero-order valence-corrected chi connectivity index (χ0v) is 18.0. The summed E-state index contributed by atoms with van der Waals surface area (Å²) in [6.07, 6.45) is 5.90. The maximum absolute atomic E-state index is 11.4. The molecule has 1 aromatic heterocycles. The average molecular weight is 393 g/mol. The fourth-order valence-electron chi connectivity index (χ4n) is 5.21. The van der Waals surface area contributed by atoms with Crippen molar-refractivity contribution in [1.29, 1.82) is 0 Å². The van der Waals surface area contributed by atoms with Gasteiger partial charge in [-0.3, -0.25) is 9.88 Å². The second-order valence-electron chi connectivity index (χ2n) is 8.73. The first-order chi connectivity index (χ1) is 14.0. The van der Waals surface area contributed by atoms with Crippen LogP contribution >= 0.6 is 0 Å². The van der Waals surface area contributed by atoms with Gasteiger partial charge in [-0.2, -0.15) is 0 Å². The minimum absolute atomic E-state index is 0.375. The van der Waals surface area contributed by atoms with Gasteiger partial charge in [0.15, 0.2) is 5.58 Å². The molecule has 1 unspecified atom stereocenters. The van der Waals surface area contributed by atoms with Crippen LogP contribution in [0.4, 0.5) is 0 Å². The SMILES string of the molecule is CCC(c1ccc(C)cc1C)N(C)C1CCC(c2ccc3[nH]c(=O)oc3c2)CC1. The number of aryl methyl sites for hydroxylation is 2. The minimum Gasteiger partial charge on any atom is -0.408 e. The van der Waals surface area contributed by atoms with Gasteiger partial charge in [0.05, 0.1) is 5.52 Å². The van der Waals surface area contributed by atoms with Crippen LogP contribution in [0.5, 0.6) is 0 Å². The summed E-state index contributed by atoms with van der Waals surface area (Å²) in [6.45, 7) is 6.70. The largest absolute Gasteiger partial charge is 0.417 e. The molecule has 1 N–H and O–H groups in total. The van der Waals surface area contributed by atoms with Crippen LogP contribution in [0.3, 0.4) is 0 Å². The molecule has 1 aliphatic carbocycles. The number of nitrogens with one attached hydrogen (secondary N) is 1. The van der Waals surface area contributed by atoms with Gasteiger partial charge in [0.25, 0.3) is 0 Å². The molecule has 4 heteroatoms. The van der Waals surface area contributed by atoms with Gasteiger partial charge in [-0.15, -0.1) is 0 Å². The molecule has 0 aliphatic heterocycles. The Kier molecular flexibility index (Phi) is 5.64. The van der Waals surface area contributed by atoms with Crippen LogP contribution in [0.1, 0.15) is 73.2 Å². The summed E-state index contributed by atoms with van der Waals surface area (Å²) in [7, 11) is 2.30. The second kappa shape index (κ2) is 8.19. The van der Waals surface area contributed by atoms with Crippen molar-refractivity contribution in [2.24, 2.45) is 0 Å². The third kappa shape index (κ3) is 4.04. The van der Waals surface area contributed by atoms with Crippen molar-refractivity contribution in [1.82, 2.24) is 9.88 Å². The number of aromatic amines is 1. The Morgan fingerprint density at radius 3 is 2.55 bits per heavy atom. The van der Waals surface area contributed by atoms with Crippen LogP contribution in [0, 0.1) is 13.8 Å². The quantitative estimate of drug-likeness (QED) is 0.593. The van der Waals surface area contributed by atoms with E-state index in [0.29, 0.717) is 23.6 Å². The molecule has 1 atom stereocenters. The second-order valence-corrected chi connectivity index (χ2v) is 8.73. The summed E-state index contributed by atoms with van der Waals surface area (Å²) in [5, 5.41) is 0. The van der Waals surface area contributed by atoms with E-state index >= 15 is 0 Å². The number of hydrogen-bond acceptors (Lipinski definition) is 3. The molecular formula is C25H32N2O2. The van der Waals surface area contributed by atoms with E-state index in [1.54, 1.807) is 0 Å². The van der Waals surface area contributed by atoms with Crippen molar-refractivity contribution in [3.05, 3.63) is 69.2 Å². The molecule has 29 heavy (non-hydrogen) atoms. The van der Waals surface area contributed by atoms with Crippen LogP contribution in [-0.2, 0) is 0 Å². The molecule has 2 aromatic carbocycles. The van der Waals surface area contributed by atoms with E-state index in [-0.39, 0.29) is 5.76 Å². The fourth-order valence-corrected chi connectivity index (χ4v) is 5.21. The van der Waals surface area contributed by atoms with Gasteiger partial charge in [0.1, 0.15) is 0 Å². The van der Waals surface area contributed by atoms with Crippen LogP contribution < -0.4 is 5.76 Å². The highest BCUT2D eigenvalue weighted by Crippen LogP contribution is 2.38. The summed E-state index contributed by atoms with van der Waals surface area (Å²) in [4.78, 5) is 16.8. The Morgan fingerprint density at radius 2 is 1.86 bits per heavy atom. The van der Waals surface area contributed by atoms with Crippen molar-refractivity contribution >= 4 is 11.1 Å². The fraction of sp³-hybridized carbons (Fsp3) is 0.480. The maximum Gasteiger partial charge on any atom is 0.417 e. The van der Waals surface area contributed by atoms with Gasteiger partial charge in [0, 0.05) is 12.1 Å². The topological polar surface area (TPSA) is 49.2 Å². The minimum atomic E-state index is -0.375. The lowest BCUT2D eigenvalue weighted by atomic mass is 9.80. The molecule has 0 saturated heterocycles. The number of H-pyrrole nitrogens is 1. The van der Waals surface area contributed by atoms with E-state index in [0.717, 1.165) is 11.9 Å². The molecule has 1 heterocycles. The van der Waals surface area contributed by atoms with E-state index in [4.69, 9.17) is 4.42 Å². The third-order valence-corrected chi connectivity index (χ3v) is 6.85. The summed E-state index contributed by atoms with van der Waals surface area (Å²) < 4.78 is 5.25. The average Bonchev–Trinajstić information content (AvgIpc) is 3.09. The van der Waals surface area contributed by atoms with E-state index in [1.165, 1.54) is 47.9 Å². The van der Waals surface area contributed by atoms with Gasteiger partial charge < -0.3 is 4.42 Å². The van der Waals surface area contributed by atoms with Crippen molar-refractivity contribution < 1.29 is 4.42 Å². The van der Waals surface area contributed by atoms with Gasteiger partial charge in [0.2, 0.25) is 0 Å². The van der Waals surface area contributed by atoms with Crippen LogP contribution in [0.15, 0.2) is 45.6 Å². The number of benzene rings is 2. The number of nitrogens with zero attached hydrogens (tertiary/aromatic N) is 1. The zero-order chi connectivity index (χ0) is 20.5. The standard InChI is InChI=1S/C25H32N2O2/c1-5-23(21-12-6-16(2)14-17(21)3)27(4)20-10-7-18(8-11-20)19-9-13-22-24(15-19)29-25(28)26-22/h6,9,12-15,18,20,23H,5,7-8,10-11H2,1-4H3,(H,26,28). The van der Waals surface area contributed by atoms with E-state index in [9.17, 15) is 4.79 Å². The molecule has 3 aromatic rings. The first-order valence-electron chi connectivity index (χ1n) is 10.9. The Morgan fingerprint density at radius 1 is 1.10 bits per heavy atom. The van der Waals surface area contributed by atoms with Gasteiger partial charge >= 0.3 is 5.76 Å². The van der Waals surface area contributed by atoms with E-state index in [1.807, 2.05) is 12.1 Å². The predicted octanol–water partition coefficient (Wildman–Crippen LogP) is 5.85. The Bertz CT molecular complexity index is 1040. The number of oxazole rings is 1. The molecule has 1 saturated carbocycles. The molecular weight excluding hydrogens is 360 g/mol. The van der Waals surface area contributed by atoms with Crippen LogP contribution in [0.25, 0.3) is 11.1 Å². The Hall–Kier alpha value is -2.33. The van der Waals surface area contributed by atoms with E-state index < -0.39 is 0 Å². The highest BCUT2D eigenvalue weighted by atomic mass is 16.4. The molecule has 4 rings (SSSR count). The van der Waals surface area contributed by atoms with Gasteiger partial charge in [-0.25, -0.2) is 4.79 Å². The molecule has 0 spiro atoms. The van der Waals surface area contributed by atoms with Crippen LogP contribution in [0.2, 0.25) is 0 Å². The molecule has 0 radical (unpaired) electrons. The van der Waals surface area contributed by atoms with Gasteiger partial charge in [-0.05, 0) is 87.7 Å². The maximum atomic E-state index is 11.4. The molecule has 1 aliphatic rings. The lowest BCUT2D eigenvalue weighted by Crippen LogP contribution is -2.37. The molecule has 154 valence electrons. The number of fused-ring (bicyclic) bond motifs is 1. The monoisotopic (exact) mass is 392 g/mol. The highest BCUT2D eigenvalue weighted by molar-refractivity contribution is 5.72. The molecule has 0 amide bonds. The zero-order valence-electron chi connectivity index (χ0n) is 18.0. The summed E-state index contributed by atoms with van der Waals surface area (Å²) >= 11 is 0. The third-order valence-electron chi connectivity index (χ3n) is 6.85. The van der Waals surface area contributed by atoms with Crippen molar-refractivity contribution in [3.63, 3.8) is 0 Å². The van der Waals surface area contributed by atoms with Crippen molar-refractivity contribution in [2.45, 2.75) is 70.9 Å². The van der Waals surface area contributed by atoms with E-state index in [2.05, 4.69) is 62.0 Å². The summed E-state index contributed by atoms with van der Waals surface area (Å²) in [6, 6.07) is 14.1. The first-order valence-corrected chi connectivity index (χ1v) is 10.9. The Balaban J connectivity index is 1.45. The highest BCUT2D eigenvalue weighted by Gasteiger charge is 2.29. The van der Waals surface area contributed by atoms with Crippen LogP contribution in [-0.4, -0.2) is 23.0 Å². The first kappa shape index (κ1) is 20.0. The number of aromatic nitrogens is 1. The molecule has 4 nitrogen and oxygen atoms in total. The summed E-state index contributed by atoms with van der Waals surface area (Å²) in [5.41, 5.74) is 6.95. The smallest absolute Gasteiger partial charge is 0.408 e. The number of rotatable bonds is 5. The molecule has 0 bridgehead atoms. The summed E-state index contributed by atoms with van der Waals surface area (Å²) in [5.74, 6) is 0.171. The predicted molar refractivity (Wildman–Crippen MR) is 119 cm³/mol. The van der Waals surface area contributed by atoms with Crippen molar-refractivity contribution in [3.8, 4) is 0 Å². The lowest BCUT2D eigenvalue weighted by molar-refractivity contribution is 0.127. The van der Waals surface area contributed by atoms with Crippen molar-refractivity contribution in [2.75, 3.05) is 7.05 Å². The number of hydrogen-bond donors (Lipinski definition) is 1.